The fraction of sp³-hybridized carbons (Fsp3) is 0.909. The molecule has 0 unspecified atom stereocenters. The number of amides is 1. The number of thioether (sulfide) groups is 1. The van der Waals surface area contributed by atoms with E-state index in [-0.39, 0.29) is 11.3 Å². The number of nitrogens with zero attached hydrogens (tertiary/aromatic N) is 1. The van der Waals surface area contributed by atoms with E-state index in [1.165, 1.54) is 0 Å². The first-order valence-corrected chi connectivity index (χ1v) is 6.83. The minimum atomic E-state index is 0.0189. The molecule has 1 amide bonds. The maximum atomic E-state index is 11.8. The monoisotopic (exact) mass is 232 g/mol. The van der Waals surface area contributed by atoms with Gasteiger partial charge < -0.3 is 10.6 Å². The van der Waals surface area contributed by atoms with Crippen molar-refractivity contribution in [2.45, 2.75) is 27.2 Å². The normalized spacial score (nSPS) is 11.5. The zero-order chi connectivity index (χ0) is 11.9. The summed E-state index contributed by atoms with van der Waals surface area (Å²) in [6, 6.07) is 0. The zero-order valence-corrected chi connectivity index (χ0v) is 11.2. The predicted octanol–water partition coefficient (Wildman–Crippen LogP) is 1.57. The highest BCUT2D eigenvalue weighted by atomic mass is 32.2. The second kappa shape index (κ2) is 7.12. The van der Waals surface area contributed by atoms with Gasteiger partial charge in [0.25, 0.3) is 0 Å². The van der Waals surface area contributed by atoms with E-state index in [1.54, 1.807) is 11.8 Å². The van der Waals surface area contributed by atoms with Gasteiger partial charge in [-0.2, -0.15) is 11.8 Å². The van der Waals surface area contributed by atoms with E-state index in [0.29, 0.717) is 13.0 Å². The first-order chi connectivity index (χ1) is 6.96. The van der Waals surface area contributed by atoms with Crippen molar-refractivity contribution in [1.82, 2.24) is 4.90 Å². The van der Waals surface area contributed by atoms with Crippen molar-refractivity contribution in [2.24, 2.45) is 11.1 Å². The van der Waals surface area contributed by atoms with E-state index < -0.39 is 0 Å². The lowest BCUT2D eigenvalue weighted by molar-refractivity contribution is -0.131. The summed E-state index contributed by atoms with van der Waals surface area (Å²) in [4.78, 5) is 13.7. The van der Waals surface area contributed by atoms with E-state index in [2.05, 4.69) is 13.8 Å². The fourth-order valence-corrected chi connectivity index (χ4v) is 1.68. The maximum absolute atomic E-state index is 11.8. The second-order valence-electron chi connectivity index (χ2n) is 4.52. The highest BCUT2D eigenvalue weighted by Gasteiger charge is 2.22. The van der Waals surface area contributed by atoms with Gasteiger partial charge in [0.1, 0.15) is 0 Å². The van der Waals surface area contributed by atoms with Crippen LogP contribution in [0.4, 0.5) is 0 Å². The topological polar surface area (TPSA) is 46.3 Å². The molecule has 0 aromatic heterocycles. The third kappa shape index (κ3) is 6.05. The molecule has 0 radical (unpaired) electrons. The Bertz CT molecular complexity index is 195. The van der Waals surface area contributed by atoms with Crippen molar-refractivity contribution >= 4 is 17.7 Å². The van der Waals surface area contributed by atoms with Crippen molar-refractivity contribution in [3.05, 3.63) is 0 Å². The van der Waals surface area contributed by atoms with Crippen LogP contribution in [0.25, 0.3) is 0 Å². The van der Waals surface area contributed by atoms with Crippen LogP contribution < -0.4 is 5.73 Å². The lowest BCUT2D eigenvalue weighted by Gasteiger charge is -2.31. The van der Waals surface area contributed by atoms with Gasteiger partial charge in [0, 0.05) is 25.3 Å². The van der Waals surface area contributed by atoms with Gasteiger partial charge in [0.05, 0.1) is 0 Å². The molecule has 0 atom stereocenters. The Kier molecular flexibility index (Phi) is 7.02. The predicted molar refractivity (Wildman–Crippen MR) is 68.1 cm³/mol. The highest BCUT2D eigenvalue weighted by molar-refractivity contribution is 7.98. The van der Waals surface area contributed by atoms with Crippen molar-refractivity contribution in [1.29, 1.82) is 0 Å². The number of nitrogens with two attached hydrogens (primary N) is 1. The Labute approximate surface area is 97.8 Å². The molecule has 0 saturated heterocycles. The van der Waals surface area contributed by atoms with Gasteiger partial charge in [-0.25, -0.2) is 0 Å². The summed E-state index contributed by atoms with van der Waals surface area (Å²) in [7, 11) is 0. The Hall–Kier alpha value is -0.220. The first-order valence-electron chi connectivity index (χ1n) is 5.43. The molecule has 2 N–H and O–H groups in total. The van der Waals surface area contributed by atoms with Gasteiger partial charge in [-0.3, -0.25) is 4.79 Å². The standard InChI is InChI=1S/C11H24N2OS/c1-5-13(9-11(2,3)8-12)10(14)6-7-15-4/h5-9,12H2,1-4H3. The third-order valence-electron chi connectivity index (χ3n) is 2.43. The highest BCUT2D eigenvalue weighted by Crippen LogP contribution is 2.15. The molecule has 15 heavy (non-hydrogen) atoms. The molecule has 0 rings (SSSR count). The lowest BCUT2D eigenvalue weighted by atomic mass is 9.93. The SMILES string of the molecule is CCN(CC(C)(C)CN)C(=O)CCSC. The van der Waals surface area contributed by atoms with Gasteiger partial charge >= 0.3 is 0 Å². The molecule has 0 saturated carbocycles. The summed E-state index contributed by atoms with van der Waals surface area (Å²) in [6.45, 7) is 8.35. The summed E-state index contributed by atoms with van der Waals surface area (Å²) in [5, 5.41) is 0. The van der Waals surface area contributed by atoms with Crippen molar-refractivity contribution < 1.29 is 4.79 Å². The summed E-state index contributed by atoms with van der Waals surface area (Å²) in [6.07, 6.45) is 2.66. The Morgan fingerprint density at radius 3 is 2.47 bits per heavy atom. The zero-order valence-electron chi connectivity index (χ0n) is 10.4. The van der Waals surface area contributed by atoms with Crippen LogP contribution in [-0.2, 0) is 4.79 Å². The van der Waals surface area contributed by atoms with E-state index in [4.69, 9.17) is 5.73 Å². The van der Waals surface area contributed by atoms with Gasteiger partial charge in [0.15, 0.2) is 0 Å². The van der Waals surface area contributed by atoms with Crippen LogP contribution in [0.1, 0.15) is 27.2 Å². The Morgan fingerprint density at radius 2 is 2.07 bits per heavy atom. The molecule has 0 aromatic carbocycles. The smallest absolute Gasteiger partial charge is 0.223 e. The quantitative estimate of drug-likeness (QED) is 0.725. The van der Waals surface area contributed by atoms with Crippen LogP contribution >= 0.6 is 11.8 Å². The van der Waals surface area contributed by atoms with E-state index in [9.17, 15) is 4.79 Å². The molecular weight excluding hydrogens is 208 g/mol. The molecule has 0 aromatic rings. The van der Waals surface area contributed by atoms with Crippen LogP contribution in [0.2, 0.25) is 0 Å². The summed E-state index contributed by atoms with van der Waals surface area (Å²) in [5.41, 5.74) is 5.69. The van der Waals surface area contributed by atoms with Crippen LogP contribution in [0.5, 0.6) is 0 Å². The molecule has 4 heteroatoms. The van der Waals surface area contributed by atoms with Crippen molar-refractivity contribution in [3.8, 4) is 0 Å². The van der Waals surface area contributed by atoms with Crippen molar-refractivity contribution in [3.63, 3.8) is 0 Å². The molecule has 0 heterocycles. The number of carbonyl (C=O) groups excluding carboxylic acids is 1. The van der Waals surface area contributed by atoms with Gasteiger partial charge in [-0.15, -0.1) is 0 Å². The van der Waals surface area contributed by atoms with Crippen LogP contribution in [0, 0.1) is 5.41 Å². The lowest BCUT2D eigenvalue weighted by Crippen LogP contribution is -2.42. The van der Waals surface area contributed by atoms with Crippen molar-refractivity contribution in [2.75, 3.05) is 31.6 Å². The number of carbonyl (C=O) groups is 1. The van der Waals surface area contributed by atoms with E-state index >= 15 is 0 Å². The molecular formula is C11H24N2OS. The molecule has 0 spiro atoms. The Morgan fingerprint density at radius 1 is 1.47 bits per heavy atom. The maximum Gasteiger partial charge on any atom is 0.223 e. The molecule has 0 aliphatic carbocycles. The van der Waals surface area contributed by atoms with Crippen LogP contribution in [0.15, 0.2) is 0 Å². The van der Waals surface area contributed by atoms with E-state index in [1.807, 2.05) is 18.1 Å². The van der Waals surface area contributed by atoms with E-state index in [0.717, 1.165) is 18.8 Å². The Balaban J connectivity index is 4.17. The summed E-state index contributed by atoms with van der Waals surface area (Å²) in [5.74, 6) is 1.15. The molecule has 0 bridgehead atoms. The number of hydrogen-bond donors (Lipinski definition) is 1. The van der Waals surface area contributed by atoms with Gasteiger partial charge in [-0.05, 0) is 25.1 Å². The van der Waals surface area contributed by atoms with Gasteiger partial charge in [-0.1, -0.05) is 13.8 Å². The minimum absolute atomic E-state index is 0.0189. The largest absolute Gasteiger partial charge is 0.342 e. The first kappa shape index (κ1) is 14.8. The second-order valence-corrected chi connectivity index (χ2v) is 5.50. The average Bonchev–Trinajstić information content (AvgIpc) is 2.22. The molecule has 0 aliphatic heterocycles. The van der Waals surface area contributed by atoms with Crippen LogP contribution in [-0.4, -0.2) is 42.4 Å². The third-order valence-corrected chi connectivity index (χ3v) is 3.04. The molecule has 90 valence electrons. The molecule has 0 aliphatic rings. The number of rotatable bonds is 7. The van der Waals surface area contributed by atoms with Gasteiger partial charge in [0.2, 0.25) is 5.91 Å². The minimum Gasteiger partial charge on any atom is -0.342 e. The average molecular weight is 232 g/mol. The number of hydrogen-bond acceptors (Lipinski definition) is 3. The fourth-order valence-electron chi connectivity index (χ4n) is 1.31. The molecule has 3 nitrogen and oxygen atoms in total. The molecule has 0 fully saturated rings. The summed E-state index contributed by atoms with van der Waals surface area (Å²) < 4.78 is 0. The van der Waals surface area contributed by atoms with Crippen LogP contribution in [0.3, 0.4) is 0 Å². The summed E-state index contributed by atoms with van der Waals surface area (Å²) >= 11 is 1.71.